The number of carbonyl (C=O) groups is 1. The van der Waals surface area contributed by atoms with E-state index in [9.17, 15) is 4.79 Å². The Balaban J connectivity index is 1.68. The molecule has 21 heavy (non-hydrogen) atoms. The van der Waals surface area contributed by atoms with Crippen molar-refractivity contribution in [2.45, 2.75) is 52.9 Å². The normalized spacial score (nSPS) is 37.0. The van der Waals surface area contributed by atoms with E-state index < -0.39 is 0 Å². The van der Waals surface area contributed by atoms with Gasteiger partial charge in [-0.2, -0.15) is 0 Å². The molecule has 1 aromatic carbocycles. The van der Waals surface area contributed by atoms with Crippen LogP contribution < -0.4 is 0 Å². The molecule has 4 aliphatic carbocycles. The van der Waals surface area contributed by atoms with Gasteiger partial charge < -0.3 is 0 Å². The molecule has 4 saturated carbocycles. The molecule has 0 amide bonds. The fraction of sp³-hybridized carbons (Fsp3) is 0.650. The first kappa shape index (κ1) is 13.5. The maximum atomic E-state index is 13.2. The molecule has 4 fully saturated rings. The van der Waals surface area contributed by atoms with Crippen LogP contribution >= 0.6 is 0 Å². The molecule has 1 aromatic rings. The van der Waals surface area contributed by atoms with Crippen molar-refractivity contribution in [2.24, 2.45) is 29.6 Å². The summed E-state index contributed by atoms with van der Waals surface area (Å²) in [7, 11) is 0. The number of carbonyl (C=O) groups excluding carboxylic acids is 1. The van der Waals surface area contributed by atoms with Gasteiger partial charge in [-0.25, -0.2) is 0 Å². The van der Waals surface area contributed by atoms with Gasteiger partial charge in [0.25, 0.3) is 0 Å². The molecule has 4 bridgehead atoms. The summed E-state index contributed by atoms with van der Waals surface area (Å²) >= 11 is 0. The average Bonchev–Trinajstić information content (AvgIpc) is 2.41. The van der Waals surface area contributed by atoms with Crippen LogP contribution in [0.4, 0.5) is 0 Å². The lowest BCUT2D eigenvalue weighted by molar-refractivity contribution is -0.0251. The van der Waals surface area contributed by atoms with Gasteiger partial charge in [-0.3, -0.25) is 4.79 Å². The highest BCUT2D eigenvalue weighted by Crippen LogP contribution is 2.57. The zero-order chi connectivity index (χ0) is 14.7. The smallest absolute Gasteiger partial charge is 0.166 e. The third kappa shape index (κ3) is 2.08. The van der Waals surface area contributed by atoms with Crippen molar-refractivity contribution in [3.63, 3.8) is 0 Å². The van der Waals surface area contributed by atoms with Gasteiger partial charge in [-0.05, 0) is 99.3 Å². The van der Waals surface area contributed by atoms with Crippen molar-refractivity contribution < 1.29 is 4.79 Å². The zero-order valence-corrected chi connectivity index (χ0v) is 13.5. The second kappa shape index (κ2) is 4.69. The number of hydrogen-bond acceptors (Lipinski definition) is 1. The second-order valence-electron chi connectivity index (χ2n) is 8.07. The molecule has 4 aliphatic rings. The monoisotopic (exact) mass is 282 g/mol. The summed E-state index contributed by atoms with van der Waals surface area (Å²) in [5.41, 5.74) is 4.74. The van der Waals surface area contributed by atoms with Gasteiger partial charge in [0, 0.05) is 11.5 Å². The zero-order valence-electron chi connectivity index (χ0n) is 13.5. The van der Waals surface area contributed by atoms with Crippen LogP contribution in [0.5, 0.6) is 0 Å². The summed E-state index contributed by atoms with van der Waals surface area (Å²) < 4.78 is 0. The quantitative estimate of drug-likeness (QED) is 0.707. The van der Waals surface area contributed by atoms with E-state index in [1.165, 1.54) is 48.8 Å². The Morgan fingerprint density at radius 1 is 0.810 bits per heavy atom. The van der Waals surface area contributed by atoms with Crippen molar-refractivity contribution in [1.82, 2.24) is 0 Å². The number of Topliss-reactive ketones (excluding diaryl/α,β-unsaturated/α-hetero) is 1. The van der Waals surface area contributed by atoms with Crippen molar-refractivity contribution >= 4 is 5.78 Å². The van der Waals surface area contributed by atoms with E-state index in [0.29, 0.717) is 23.5 Å². The van der Waals surface area contributed by atoms with E-state index >= 15 is 0 Å². The molecular weight excluding hydrogens is 256 g/mol. The van der Waals surface area contributed by atoms with Crippen LogP contribution in [0, 0.1) is 50.4 Å². The van der Waals surface area contributed by atoms with E-state index in [1.54, 1.807) is 0 Å². The summed E-state index contributed by atoms with van der Waals surface area (Å²) in [5.74, 6) is 4.06. The van der Waals surface area contributed by atoms with Crippen molar-refractivity contribution in [1.29, 1.82) is 0 Å². The molecule has 0 saturated heterocycles. The highest BCUT2D eigenvalue weighted by Gasteiger charge is 2.50. The molecule has 0 unspecified atom stereocenters. The van der Waals surface area contributed by atoms with E-state index in [2.05, 4.69) is 32.9 Å². The van der Waals surface area contributed by atoms with Crippen LogP contribution in [0.2, 0.25) is 0 Å². The molecule has 0 heterocycles. The molecule has 0 aliphatic heterocycles. The van der Waals surface area contributed by atoms with Crippen LogP contribution in [0.15, 0.2) is 12.1 Å². The highest BCUT2D eigenvalue weighted by molar-refractivity contribution is 6.00. The Kier molecular flexibility index (Phi) is 3.03. The maximum absolute atomic E-state index is 13.2. The fourth-order valence-electron chi connectivity index (χ4n) is 5.76. The van der Waals surface area contributed by atoms with Gasteiger partial charge in [-0.15, -0.1) is 0 Å². The van der Waals surface area contributed by atoms with E-state index in [1.807, 2.05) is 0 Å². The largest absolute Gasteiger partial charge is 0.294 e. The minimum Gasteiger partial charge on any atom is -0.294 e. The Bertz CT molecular complexity index is 570. The van der Waals surface area contributed by atoms with E-state index in [4.69, 9.17) is 0 Å². The average molecular weight is 282 g/mol. The van der Waals surface area contributed by atoms with Gasteiger partial charge in [0.15, 0.2) is 5.78 Å². The summed E-state index contributed by atoms with van der Waals surface area (Å²) in [6.45, 7) is 6.37. The summed E-state index contributed by atoms with van der Waals surface area (Å²) in [6.07, 6.45) is 6.76. The molecule has 0 spiro atoms. The predicted molar refractivity (Wildman–Crippen MR) is 85.5 cm³/mol. The number of hydrogen-bond donors (Lipinski definition) is 0. The van der Waals surface area contributed by atoms with E-state index in [-0.39, 0.29) is 0 Å². The Morgan fingerprint density at radius 3 is 1.90 bits per heavy atom. The van der Waals surface area contributed by atoms with Gasteiger partial charge in [-0.1, -0.05) is 6.07 Å². The van der Waals surface area contributed by atoms with Crippen molar-refractivity contribution in [2.75, 3.05) is 0 Å². The molecule has 0 radical (unpaired) electrons. The third-order valence-electron chi connectivity index (χ3n) is 6.64. The molecule has 1 nitrogen and oxygen atoms in total. The van der Waals surface area contributed by atoms with Gasteiger partial charge in [0.05, 0.1) is 0 Å². The van der Waals surface area contributed by atoms with E-state index in [0.717, 1.165) is 17.4 Å². The standard InChI is InChI=1S/C20H26O/c1-11-4-13(3)18(5-12(11)2)20(21)19-16-7-14-6-15(9-16)10-17(19)8-14/h4-5,14-17,19H,6-10H2,1-3H3. The first-order chi connectivity index (χ1) is 10.0. The molecule has 1 heteroatoms. The molecular formula is C20H26O. The van der Waals surface area contributed by atoms with Crippen LogP contribution in [0.1, 0.15) is 59.2 Å². The van der Waals surface area contributed by atoms with Crippen molar-refractivity contribution in [3.8, 4) is 0 Å². The van der Waals surface area contributed by atoms with Gasteiger partial charge in [0.1, 0.15) is 0 Å². The number of rotatable bonds is 2. The van der Waals surface area contributed by atoms with Crippen LogP contribution in [0.25, 0.3) is 0 Å². The molecule has 5 rings (SSSR count). The number of benzene rings is 1. The minimum atomic E-state index is 0.332. The lowest BCUT2D eigenvalue weighted by atomic mass is 9.50. The topological polar surface area (TPSA) is 17.1 Å². The third-order valence-corrected chi connectivity index (χ3v) is 6.64. The number of ketones is 1. The van der Waals surface area contributed by atoms with Crippen LogP contribution in [-0.2, 0) is 0 Å². The number of aryl methyl sites for hydroxylation is 3. The summed E-state index contributed by atoms with van der Waals surface area (Å²) in [4.78, 5) is 13.2. The highest BCUT2D eigenvalue weighted by atomic mass is 16.1. The first-order valence-electron chi connectivity index (χ1n) is 8.65. The van der Waals surface area contributed by atoms with Gasteiger partial charge in [0.2, 0.25) is 0 Å². The first-order valence-corrected chi connectivity index (χ1v) is 8.65. The lowest BCUT2D eigenvalue weighted by Gasteiger charge is -2.53. The van der Waals surface area contributed by atoms with Crippen LogP contribution in [-0.4, -0.2) is 5.78 Å². The Hall–Kier alpha value is -1.11. The lowest BCUT2D eigenvalue weighted by Crippen LogP contribution is -2.48. The fourth-order valence-corrected chi connectivity index (χ4v) is 5.76. The minimum absolute atomic E-state index is 0.332. The van der Waals surface area contributed by atoms with Gasteiger partial charge >= 0.3 is 0 Å². The molecule has 0 atom stereocenters. The molecule has 0 N–H and O–H groups in total. The SMILES string of the molecule is Cc1cc(C)c(C(=O)C2C3CC4CC(C3)CC2C4)cc1C. The predicted octanol–water partition coefficient (Wildman–Crippen LogP) is 4.87. The molecule has 112 valence electrons. The summed E-state index contributed by atoms with van der Waals surface area (Å²) in [6, 6.07) is 4.34. The van der Waals surface area contributed by atoms with Crippen LogP contribution in [0.3, 0.4) is 0 Å². The Labute approximate surface area is 128 Å². The summed E-state index contributed by atoms with van der Waals surface area (Å²) in [5, 5.41) is 0. The Morgan fingerprint density at radius 2 is 1.33 bits per heavy atom. The van der Waals surface area contributed by atoms with Crippen molar-refractivity contribution in [3.05, 3.63) is 34.4 Å². The second-order valence-corrected chi connectivity index (χ2v) is 8.07. The molecule has 0 aromatic heterocycles. The maximum Gasteiger partial charge on any atom is 0.166 e.